The molecular weight excluding hydrogens is 359 g/mol. The Morgan fingerprint density at radius 3 is 2.44 bits per heavy atom. The third kappa shape index (κ3) is 4.67. The molecule has 146 valence electrons. The van der Waals surface area contributed by atoms with Gasteiger partial charge in [0.05, 0.1) is 5.69 Å². The van der Waals surface area contributed by atoms with Crippen LogP contribution in [0.1, 0.15) is 16.1 Å². The second-order valence-corrected chi connectivity index (χ2v) is 6.48. The van der Waals surface area contributed by atoms with Crippen molar-refractivity contribution in [3.8, 4) is 5.69 Å². The number of hydrogen-bond donors (Lipinski definition) is 2. The lowest BCUT2D eigenvalue weighted by Gasteiger charge is -2.35. The van der Waals surface area contributed by atoms with Gasteiger partial charge < -0.3 is 10.6 Å². The zero-order valence-corrected chi connectivity index (χ0v) is 15.0. The molecule has 1 aromatic heterocycles. The SMILES string of the molecule is Cc1ccnn1-c1ccc(C(=O)NCC(N2CCNCC2)C(F)(F)F)cc1. The van der Waals surface area contributed by atoms with E-state index in [9.17, 15) is 18.0 Å². The number of hydrogen-bond acceptors (Lipinski definition) is 4. The van der Waals surface area contributed by atoms with E-state index >= 15 is 0 Å². The molecule has 1 unspecified atom stereocenters. The molecule has 27 heavy (non-hydrogen) atoms. The molecule has 2 N–H and O–H groups in total. The highest BCUT2D eigenvalue weighted by atomic mass is 19.4. The van der Waals surface area contributed by atoms with E-state index in [0.717, 1.165) is 11.4 Å². The predicted molar refractivity (Wildman–Crippen MR) is 94.9 cm³/mol. The summed E-state index contributed by atoms with van der Waals surface area (Å²) in [5, 5.41) is 9.63. The number of halogens is 3. The molecule has 6 nitrogen and oxygen atoms in total. The van der Waals surface area contributed by atoms with E-state index in [1.165, 1.54) is 4.90 Å². The number of alkyl halides is 3. The van der Waals surface area contributed by atoms with Gasteiger partial charge in [-0.05, 0) is 37.3 Å². The number of amides is 1. The van der Waals surface area contributed by atoms with Gasteiger partial charge in [0.1, 0.15) is 6.04 Å². The molecule has 1 aromatic carbocycles. The molecule has 0 spiro atoms. The molecule has 2 heterocycles. The normalized spacial score (nSPS) is 16.9. The average molecular weight is 381 g/mol. The maximum atomic E-state index is 13.4. The van der Waals surface area contributed by atoms with Crippen LogP contribution in [0.3, 0.4) is 0 Å². The van der Waals surface area contributed by atoms with Crippen molar-refractivity contribution in [2.45, 2.75) is 19.1 Å². The van der Waals surface area contributed by atoms with Gasteiger partial charge >= 0.3 is 6.18 Å². The van der Waals surface area contributed by atoms with Gasteiger partial charge in [-0.25, -0.2) is 4.68 Å². The molecule has 2 aromatic rings. The van der Waals surface area contributed by atoms with Gasteiger partial charge in [-0.3, -0.25) is 9.69 Å². The van der Waals surface area contributed by atoms with Crippen LogP contribution in [0.5, 0.6) is 0 Å². The fourth-order valence-corrected chi connectivity index (χ4v) is 3.13. The Labute approximate surface area is 155 Å². The zero-order chi connectivity index (χ0) is 19.4. The molecule has 0 bridgehead atoms. The molecule has 1 fully saturated rings. The summed E-state index contributed by atoms with van der Waals surface area (Å²) >= 11 is 0. The summed E-state index contributed by atoms with van der Waals surface area (Å²) in [7, 11) is 0. The first-order chi connectivity index (χ1) is 12.9. The highest BCUT2D eigenvalue weighted by Crippen LogP contribution is 2.25. The molecule has 0 saturated carbocycles. The standard InChI is InChI=1S/C18H22F3N5O/c1-13-6-7-24-26(13)15-4-2-14(3-5-15)17(27)23-12-16(18(19,20)21)25-10-8-22-9-11-25/h2-7,16,22H,8-12H2,1H3,(H,23,27). The van der Waals surface area contributed by atoms with Gasteiger partial charge in [0.25, 0.3) is 5.91 Å². The predicted octanol–water partition coefficient (Wildman–Crippen LogP) is 1.75. The van der Waals surface area contributed by atoms with Crippen molar-refractivity contribution >= 4 is 5.91 Å². The van der Waals surface area contributed by atoms with E-state index in [0.29, 0.717) is 31.7 Å². The van der Waals surface area contributed by atoms with Crippen LogP contribution in [-0.4, -0.2) is 65.5 Å². The van der Waals surface area contributed by atoms with E-state index < -0.39 is 24.7 Å². The van der Waals surface area contributed by atoms with Crippen LogP contribution in [0.4, 0.5) is 13.2 Å². The highest BCUT2D eigenvalue weighted by Gasteiger charge is 2.43. The Balaban J connectivity index is 1.64. The summed E-state index contributed by atoms with van der Waals surface area (Å²) in [6.45, 7) is 3.06. The maximum Gasteiger partial charge on any atom is 0.405 e. The smallest absolute Gasteiger partial charge is 0.350 e. The van der Waals surface area contributed by atoms with Crippen LogP contribution in [0.15, 0.2) is 36.5 Å². The summed E-state index contributed by atoms with van der Waals surface area (Å²) in [6, 6.07) is 6.76. The minimum absolute atomic E-state index is 0.304. The third-order valence-electron chi connectivity index (χ3n) is 4.63. The summed E-state index contributed by atoms with van der Waals surface area (Å²) < 4.78 is 41.9. The lowest BCUT2D eigenvalue weighted by Crippen LogP contribution is -2.57. The minimum atomic E-state index is -4.40. The number of nitrogens with zero attached hydrogens (tertiary/aromatic N) is 3. The van der Waals surface area contributed by atoms with Gasteiger partial charge in [0, 0.05) is 50.2 Å². The fourth-order valence-electron chi connectivity index (χ4n) is 3.13. The first-order valence-electron chi connectivity index (χ1n) is 8.77. The summed E-state index contributed by atoms with van der Waals surface area (Å²) in [5.74, 6) is -0.525. The van der Waals surface area contributed by atoms with Crippen LogP contribution in [0, 0.1) is 6.92 Å². The van der Waals surface area contributed by atoms with Gasteiger partial charge in [-0.15, -0.1) is 0 Å². The van der Waals surface area contributed by atoms with Gasteiger partial charge in [0.2, 0.25) is 0 Å². The Morgan fingerprint density at radius 2 is 1.89 bits per heavy atom. The summed E-state index contributed by atoms with van der Waals surface area (Å²) in [5.41, 5.74) is 2.03. The summed E-state index contributed by atoms with van der Waals surface area (Å²) in [6.07, 6.45) is -2.73. The van der Waals surface area contributed by atoms with Crippen molar-refractivity contribution in [3.05, 3.63) is 47.8 Å². The topological polar surface area (TPSA) is 62.2 Å². The van der Waals surface area contributed by atoms with E-state index in [2.05, 4.69) is 15.7 Å². The summed E-state index contributed by atoms with van der Waals surface area (Å²) in [4.78, 5) is 13.7. The van der Waals surface area contributed by atoms with Crippen LogP contribution in [0.2, 0.25) is 0 Å². The van der Waals surface area contributed by atoms with Crippen molar-refractivity contribution in [2.24, 2.45) is 0 Å². The van der Waals surface area contributed by atoms with Crippen LogP contribution >= 0.6 is 0 Å². The first-order valence-corrected chi connectivity index (χ1v) is 8.77. The molecule has 0 radical (unpaired) electrons. The zero-order valence-electron chi connectivity index (χ0n) is 15.0. The van der Waals surface area contributed by atoms with E-state index in [1.807, 2.05) is 13.0 Å². The van der Waals surface area contributed by atoms with Crippen molar-refractivity contribution in [1.82, 2.24) is 25.3 Å². The van der Waals surface area contributed by atoms with Gasteiger partial charge in [0.15, 0.2) is 0 Å². The Hall–Kier alpha value is -2.39. The van der Waals surface area contributed by atoms with Crippen LogP contribution in [-0.2, 0) is 0 Å². The molecule has 1 amide bonds. The largest absolute Gasteiger partial charge is 0.405 e. The lowest BCUT2D eigenvalue weighted by molar-refractivity contribution is -0.183. The number of aromatic nitrogens is 2. The van der Waals surface area contributed by atoms with Crippen molar-refractivity contribution in [1.29, 1.82) is 0 Å². The second kappa shape index (κ2) is 8.10. The second-order valence-electron chi connectivity index (χ2n) is 6.48. The highest BCUT2D eigenvalue weighted by molar-refractivity contribution is 5.94. The Morgan fingerprint density at radius 1 is 1.22 bits per heavy atom. The minimum Gasteiger partial charge on any atom is -0.350 e. The van der Waals surface area contributed by atoms with E-state index in [4.69, 9.17) is 0 Å². The molecule has 1 saturated heterocycles. The molecular formula is C18H22F3N5O. The average Bonchev–Trinajstić information content (AvgIpc) is 3.07. The van der Waals surface area contributed by atoms with Gasteiger partial charge in [-0.2, -0.15) is 18.3 Å². The molecule has 0 aliphatic carbocycles. The van der Waals surface area contributed by atoms with Crippen LogP contribution < -0.4 is 10.6 Å². The number of rotatable bonds is 5. The Bertz CT molecular complexity index is 766. The number of nitrogens with one attached hydrogen (secondary N) is 2. The third-order valence-corrected chi connectivity index (χ3v) is 4.63. The van der Waals surface area contributed by atoms with Crippen LogP contribution in [0.25, 0.3) is 5.69 Å². The van der Waals surface area contributed by atoms with Crippen molar-refractivity contribution in [2.75, 3.05) is 32.7 Å². The molecule has 1 aliphatic heterocycles. The van der Waals surface area contributed by atoms with E-state index in [1.54, 1.807) is 35.1 Å². The molecule has 1 atom stereocenters. The molecule has 3 rings (SSSR count). The van der Waals surface area contributed by atoms with Gasteiger partial charge in [-0.1, -0.05) is 0 Å². The number of benzene rings is 1. The van der Waals surface area contributed by atoms with E-state index in [-0.39, 0.29) is 0 Å². The van der Waals surface area contributed by atoms with Crippen molar-refractivity contribution < 1.29 is 18.0 Å². The van der Waals surface area contributed by atoms with Crippen molar-refractivity contribution in [3.63, 3.8) is 0 Å². The number of carbonyl (C=O) groups is 1. The molecule has 9 heteroatoms. The first kappa shape index (κ1) is 19.4. The number of aryl methyl sites for hydroxylation is 1. The molecule has 1 aliphatic rings. The monoisotopic (exact) mass is 381 g/mol. The quantitative estimate of drug-likeness (QED) is 0.829. The fraction of sp³-hybridized carbons (Fsp3) is 0.444. The lowest BCUT2D eigenvalue weighted by atomic mass is 10.1. The number of piperazine rings is 1. The number of carbonyl (C=O) groups excluding carboxylic acids is 1. The Kier molecular flexibility index (Phi) is 5.81. The maximum absolute atomic E-state index is 13.4.